The van der Waals surface area contributed by atoms with Crippen LogP contribution in [0.1, 0.15) is 40.5 Å². The Labute approximate surface area is 176 Å². The second-order valence-corrected chi connectivity index (χ2v) is 12.3. The number of ether oxygens (including phenoxy) is 2. The third kappa shape index (κ3) is 4.50. The first kappa shape index (κ1) is 21.9. The van der Waals surface area contributed by atoms with E-state index in [9.17, 15) is 4.79 Å². The van der Waals surface area contributed by atoms with Crippen molar-refractivity contribution in [2.24, 2.45) is 5.41 Å². The number of carbonyl (C=O) groups is 1. The Kier molecular flexibility index (Phi) is 6.64. The van der Waals surface area contributed by atoms with E-state index in [0.29, 0.717) is 24.7 Å². The molecule has 0 saturated carbocycles. The number of hydrogen-bond acceptors (Lipinski definition) is 7. The third-order valence-corrected chi connectivity index (χ3v) is 9.72. The van der Waals surface area contributed by atoms with E-state index in [-0.39, 0.29) is 11.5 Å². The van der Waals surface area contributed by atoms with Crippen LogP contribution in [0, 0.1) is 5.41 Å². The highest BCUT2D eigenvalue weighted by Crippen LogP contribution is 2.59. The summed E-state index contributed by atoms with van der Waals surface area (Å²) in [6.07, 6.45) is 6.51. The number of nitrogens with zero attached hydrogens (tertiary/aromatic N) is 2. The van der Waals surface area contributed by atoms with Gasteiger partial charge in [-0.3, -0.25) is 0 Å². The van der Waals surface area contributed by atoms with Gasteiger partial charge in [-0.15, -0.1) is 0 Å². The average Bonchev–Trinajstić information content (AvgIpc) is 2.89. The van der Waals surface area contributed by atoms with Gasteiger partial charge in [0, 0.05) is 18.5 Å². The Balaban J connectivity index is 1.72. The molecular formula is C18H27N2O5PS2. The van der Waals surface area contributed by atoms with Gasteiger partial charge in [-0.2, -0.15) is 4.08 Å². The number of carbonyl (C=O) groups excluding carboxylic acids is 1. The summed E-state index contributed by atoms with van der Waals surface area (Å²) in [5, 5.41) is 0. The van der Waals surface area contributed by atoms with E-state index in [2.05, 4.69) is 0 Å². The van der Waals surface area contributed by atoms with Gasteiger partial charge in [0.05, 0.1) is 31.6 Å². The molecule has 1 fully saturated rings. The molecular weight excluding hydrogens is 419 g/mol. The molecule has 10 heteroatoms. The van der Waals surface area contributed by atoms with Crippen molar-refractivity contribution in [2.45, 2.75) is 46.6 Å². The van der Waals surface area contributed by atoms with Gasteiger partial charge >= 0.3 is 6.09 Å². The van der Waals surface area contributed by atoms with Crippen LogP contribution in [0.25, 0.3) is 0 Å². The number of amides is 1. The van der Waals surface area contributed by atoms with Crippen molar-refractivity contribution in [3.05, 3.63) is 35.5 Å². The molecule has 2 aliphatic heterocycles. The van der Waals surface area contributed by atoms with E-state index >= 15 is 0 Å². The average molecular weight is 447 g/mol. The molecule has 1 aliphatic carbocycles. The van der Waals surface area contributed by atoms with Crippen LogP contribution in [0.15, 0.2) is 35.5 Å². The van der Waals surface area contributed by atoms with Crippen LogP contribution in [-0.4, -0.2) is 40.8 Å². The molecule has 1 amide bonds. The molecule has 2 heterocycles. The SMILES string of the molecule is CC(C)N(SN(C)C(=O)OC1=C2OC=CC=C2CC1(C)C)P1(=S)OCCCO1. The van der Waals surface area contributed by atoms with Gasteiger partial charge in [-0.05, 0) is 50.1 Å². The number of hydrogen-bond donors (Lipinski definition) is 0. The van der Waals surface area contributed by atoms with Crippen LogP contribution < -0.4 is 0 Å². The molecule has 0 unspecified atom stereocenters. The summed E-state index contributed by atoms with van der Waals surface area (Å²) in [6.45, 7) is 6.56. The highest BCUT2D eigenvalue weighted by atomic mass is 32.5. The Hall–Kier alpha value is -0.830. The summed E-state index contributed by atoms with van der Waals surface area (Å²) in [5.41, 5.74) is 0.711. The monoisotopic (exact) mass is 446 g/mol. The molecule has 156 valence electrons. The standard InChI is InChI=1S/C18H27N2O5PS2/c1-13(2)20(26(27)23-10-7-11-24-26)28-19(5)17(21)25-16-15-14(8-6-9-22-15)12-18(16,3)4/h6,8-9,13H,7,10-12H2,1-5H3. The Morgan fingerprint density at radius 3 is 2.68 bits per heavy atom. The van der Waals surface area contributed by atoms with Crippen molar-refractivity contribution in [3.8, 4) is 0 Å². The quantitative estimate of drug-likeness (QED) is 0.427. The van der Waals surface area contributed by atoms with Crippen LogP contribution >= 0.6 is 18.8 Å². The Bertz CT molecular complexity index is 768. The minimum Gasteiger partial charge on any atom is -0.461 e. The highest BCUT2D eigenvalue weighted by Gasteiger charge is 2.42. The zero-order valence-corrected chi connectivity index (χ0v) is 19.4. The molecule has 3 aliphatic rings. The largest absolute Gasteiger partial charge is 0.461 e. The van der Waals surface area contributed by atoms with Crippen molar-refractivity contribution in [2.75, 3.05) is 20.3 Å². The van der Waals surface area contributed by atoms with Crippen molar-refractivity contribution in [1.29, 1.82) is 0 Å². The zero-order valence-electron chi connectivity index (χ0n) is 16.8. The minimum absolute atomic E-state index is 0.0236. The topological polar surface area (TPSA) is 60.5 Å². The molecule has 0 aromatic rings. The van der Waals surface area contributed by atoms with Crippen LogP contribution in [0.3, 0.4) is 0 Å². The predicted octanol–water partition coefficient (Wildman–Crippen LogP) is 5.10. The van der Waals surface area contributed by atoms with E-state index in [0.717, 1.165) is 18.4 Å². The lowest BCUT2D eigenvalue weighted by Gasteiger charge is -2.38. The Morgan fingerprint density at radius 1 is 1.36 bits per heavy atom. The zero-order chi connectivity index (χ0) is 20.5. The van der Waals surface area contributed by atoms with E-state index in [1.54, 1.807) is 13.3 Å². The molecule has 7 nitrogen and oxygen atoms in total. The maximum atomic E-state index is 12.8. The van der Waals surface area contributed by atoms with Crippen molar-refractivity contribution in [1.82, 2.24) is 8.38 Å². The predicted molar refractivity (Wildman–Crippen MR) is 113 cm³/mol. The van der Waals surface area contributed by atoms with Crippen LogP contribution in [0.5, 0.6) is 0 Å². The maximum absolute atomic E-state index is 12.8. The lowest BCUT2D eigenvalue weighted by molar-refractivity contribution is 0.133. The fraction of sp³-hybridized carbons (Fsp3) is 0.611. The van der Waals surface area contributed by atoms with Gasteiger partial charge in [-0.1, -0.05) is 19.9 Å². The normalized spacial score (nSPS) is 22.8. The second kappa shape index (κ2) is 8.50. The summed E-state index contributed by atoms with van der Waals surface area (Å²) >= 11 is 6.84. The first-order valence-electron chi connectivity index (χ1n) is 9.24. The minimum atomic E-state index is -2.63. The maximum Gasteiger partial charge on any atom is 0.425 e. The molecule has 1 saturated heterocycles. The molecule has 0 N–H and O–H groups in total. The van der Waals surface area contributed by atoms with Crippen LogP contribution in [0.4, 0.5) is 4.79 Å². The number of fused-ring (bicyclic) bond motifs is 1. The molecule has 28 heavy (non-hydrogen) atoms. The number of rotatable bonds is 5. The molecule has 0 atom stereocenters. The number of allylic oxidation sites excluding steroid dienone is 4. The van der Waals surface area contributed by atoms with Gasteiger partial charge in [-0.25, -0.2) is 9.10 Å². The lowest BCUT2D eigenvalue weighted by Crippen LogP contribution is -2.33. The van der Waals surface area contributed by atoms with Gasteiger partial charge in [0.15, 0.2) is 11.5 Å². The molecule has 0 radical (unpaired) electrons. The van der Waals surface area contributed by atoms with E-state index in [1.165, 1.54) is 16.4 Å². The van der Waals surface area contributed by atoms with Gasteiger partial charge < -0.3 is 18.5 Å². The molecule has 0 bridgehead atoms. The highest BCUT2D eigenvalue weighted by molar-refractivity contribution is 8.15. The first-order chi connectivity index (χ1) is 13.1. The van der Waals surface area contributed by atoms with Gasteiger partial charge in [0.1, 0.15) is 0 Å². The van der Waals surface area contributed by atoms with Gasteiger partial charge in [0.2, 0.25) is 0 Å². The lowest BCUT2D eigenvalue weighted by atomic mass is 9.90. The van der Waals surface area contributed by atoms with Crippen molar-refractivity contribution in [3.63, 3.8) is 0 Å². The van der Waals surface area contributed by atoms with Gasteiger partial charge in [0.25, 0.3) is 6.64 Å². The first-order valence-corrected chi connectivity index (χ1v) is 12.6. The Morgan fingerprint density at radius 2 is 2.04 bits per heavy atom. The third-order valence-electron chi connectivity index (χ3n) is 4.44. The van der Waals surface area contributed by atoms with E-state index in [1.807, 2.05) is 43.9 Å². The fourth-order valence-electron chi connectivity index (χ4n) is 3.10. The van der Waals surface area contributed by atoms with E-state index < -0.39 is 12.7 Å². The fourth-order valence-corrected chi connectivity index (χ4v) is 7.48. The summed E-state index contributed by atoms with van der Waals surface area (Å²) in [6, 6.07) is 0.0236. The van der Waals surface area contributed by atoms with Crippen molar-refractivity contribution >= 4 is 36.7 Å². The van der Waals surface area contributed by atoms with Crippen LogP contribution in [-0.2, 0) is 30.3 Å². The summed E-state index contributed by atoms with van der Waals surface area (Å²) in [7, 11) is 1.65. The smallest absolute Gasteiger partial charge is 0.425 e. The molecule has 0 aromatic carbocycles. The molecule has 0 aromatic heterocycles. The van der Waals surface area contributed by atoms with Crippen molar-refractivity contribution < 1.29 is 23.3 Å². The van der Waals surface area contributed by atoms with Crippen LogP contribution in [0.2, 0.25) is 0 Å². The summed E-state index contributed by atoms with van der Waals surface area (Å²) in [4.78, 5) is 12.8. The molecule has 0 spiro atoms. The molecule has 3 rings (SSSR count). The summed E-state index contributed by atoms with van der Waals surface area (Å²) < 4.78 is 26.3. The van der Waals surface area contributed by atoms with E-state index in [4.69, 9.17) is 30.3 Å². The summed E-state index contributed by atoms with van der Waals surface area (Å²) in [5.74, 6) is 1.18. The second-order valence-electron chi connectivity index (χ2n) is 7.69.